The second-order valence-corrected chi connectivity index (χ2v) is 5.57. The monoisotopic (exact) mass is 334 g/mol. The van der Waals surface area contributed by atoms with Gasteiger partial charge in [0, 0.05) is 12.0 Å². The molecule has 1 saturated heterocycles. The smallest absolute Gasteiger partial charge is 0.150 e. The Morgan fingerprint density at radius 1 is 1.55 bits per heavy atom. The van der Waals surface area contributed by atoms with Gasteiger partial charge in [-0.25, -0.2) is 9.67 Å². The van der Waals surface area contributed by atoms with Crippen molar-refractivity contribution < 1.29 is 4.74 Å². The molecule has 3 rings (SSSR count). The Morgan fingerprint density at radius 3 is 3.10 bits per heavy atom. The summed E-state index contributed by atoms with van der Waals surface area (Å²) in [6, 6.07) is 1.88. The van der Waals surface area contributed by atoms with Gasteiger partial charge in [-0.3, -0.25) is 5.41 Å². The highest BCUT2D eigenvalue weighted by Crippen LogP contribution is 2.29. The number of fused-ring (bicyclic) bond motifs is 1. The molecule has 6 heteroatoms. The number of hydrogen-bond donors (Lipinski definition) is 1. The predicted octanol–water partition coefficient (Wildman–Crippen LogP) is 3.45. The molecule has 1 fully saturated rings. The molecular formula is C14H15BrN4O. The molecule has 0 saturated carbocycles. The minimum atomic E-state index is -0.0689. The van der Waals surface area contributed by atoms with Gasteiger partial charge in [-0.2, -0.15) is 5.10 Å². The fraction of sp³-hybridized carbons (Fsp3) is 0.357. The van der Waals surface area contributed by atoms with Crippen molar-refractivity contribution in [1.82, 2.24) is 14.8 Å². The van der Waals surface area contributed by atoms with Crippen LogP contribution >= 0.6 is 15.9 Å². The number of hydrogen-bond acceptors (Lipinski definition) is 4. The van der Waals surface area contributed by atoms with E-state index in [1.807, 2.05) is 10.7 Å². The number of halogens is 1. The summed E-state index contributed by atoms with van der Waals surface area (Å²) in [5, 5.41) is 13.4. The van der Waals surface area contributed by atoms with Gasteiger partial charge in [0.25, 0.3) is 0 Å². The van der Waals surface area contributed by atoms with E-state index in [1.165, 1.54) is 6.08 Å². The van der Waals surface area contributed by atoms with Crippen LogP contribution in [0.2, 0.25) is 0 Å². The molecule has 1 N–H and O–H groups in total. The minimum Gasteiger partial charge on any atom is -0.356 e. The SMILES string of the molecule is C=CC(=N)c1nn(C2CCCCO2)c2cnc(Br)cc12. The van der Waals surface area contributed by atoms with Gasteiger partial charge >= 0.3 is 0 Å². The zero-order valence-electron chi connectivity index (χ0n) is 11.0. The van der Waals surface area contributed by atoms with Crippen LogP contribution in [0.1, 0.15) is 31.2 Å². The summed E-state index contributed by atoms with van der Waals surface area (Å²) < 4.78 is 8.37. The molecule has 0 amide bonds. The van der Waals surface area contributed by atoms with Crippen molar-refractivity contribution in [2.24, 2.45) is 0 Å². The Bertz CT molecular complexity index is 673. The van der Waals surface area contributed by atoms with Crippen molar-refractivity contribution in [3.8, 4) is 0 Å². The highest BCUT2D eigenvalue weighted by atomic mass is 79.9. The molecule has 1 aliphatic rings. The highest BCUT2D eigenvalue weighted by Gasteiger charge is 2.22. The second-order valence-electron chi connectivity index (χ2n) is 4.76. The van der Waals surface area contributed by atoms with E-state index in [0.717, 1.165) is 41.4 Å². The van der Waals surface area contributed by atoms with Gasteiger partial charge in [0.05, 0.1) is 17.4 Å². The van der Waals surface area contributed by atoms with E-state index in [0.29, 0.717) is 11.4 Å². The van der Waals surface area contributed by atoms with Crippen molar-refractivity contribution in [3.63, 3.8) is 0 Å². The maximum Gasteiger partial charge on any atom is 0.150 e. The van der Waals surface area contributed by atoms with Crippen LogP contribution in [-0.4, -0.2) is 27.1 Å². The number of rotatable bonds is 3. The fourth-order valence-electron chi connectivity index (χ4n) is 2.44. The van der Waals surface area contributed by atoms with Crippen molar-refractivity contribution in [2.45, 2.75) is 25.5 Å². The van der Waals surface area contributed by atoms with Gasteiger partial charge in [0.1, 0.15) is 10.3 Å². The molecule has 0 radical (unpaired) electrons. The second kappa shape index (κ2) is 5.46. The van der Waals surface area contributed by atoms with E-state index < -0.39 is 0 Å². The molecule has 104 valence electrons. The summed E-state index contributed by atoms with van der Waals surface area (Å²) in [4.78, 5) is 4.27. The van der Waals surface area contributed by atoms with Gasteiger partial charge < -0.3 is 4.74 Å². The lowest BCUT2D eigenvalue weighted by molar-refractivity contribution is -0.0367. The third-order valence-corrected chi connectivity index (χ3v) is 3.88. The molecule has 1 aliphatic heterocycles. The quantitative estimate of drug-likeness (QED) is 0.690. The lowest BCUT2D eigenvalue weighted by Gasteiger charge is -2.23. The Hall–Kier alpha value is -1.53. The molecule has 2 aromatic rings. The van der Waals surface area contributed by atoms with Gasteiger partial charge in [0.15, 0.2) is 6.23 Å². The zero-order chi connectivity index (χ0) is 14.1. The Morgan fingerprint density at radius 2 is 2.40 bits per heavy atom. The third kappa shape index (κ3) is 2.29. The van der Waals surface area contributed by atoms with Crippen LogP contribution < -0.4 is 0 Å². The van der Waals surface area contributed by atoms with E-state index in [2.05, 4.69) is 32.6 Å². The summed E-state index contributed by atoms with van der Waals surface area (Å²) in [5.41, 5.74) is 1.82. The van der Waals surface area contributed by atoms with E-state index in [4.69, 9.17) is 10.1 Å². The number of pyridine rings is 1. The zero-order valence-corrected chi connectivity index (χ0v) is 12.6. The lowest BCUT2D eigenvalue weighted by atomic mass is 10.1. The van der Waals surface area contributed by atoms with Crippen LogP contribution in [0.3, 0.4) is 0 Å². The van der Waals surface area contributed by atoms with E-state index >= 15 is 0 Å². The van der Waals surface area contributed by atoms with Crippen LogP contribution in [0.25, 0.3) is 10.9 Å². The molecule has 3 heterocycles. The summed E-state index contributed by atoms with van der Waals surface area (Å²) in [6.07, 6.45) is 6.36. The number of nitrogens with one attached hydrogen (secondary N) is 1. The van der Waals surface area contributed by atoms with Gasteiger partial charge in [0.2, 0.25) is 0 Å². The molecule has 20 heavy (non-hydrogen) atoms. The number of ether oxygens (including phenoxy) is 1. The number of allylic oxidation sites excluding steroid dienone is 1. The fourth-order valence-corrected chi connectivity index (χ4v) is 2.77. The highest BCUT2D eigenvalue weighted by molar-refractivity contribution is 9.10. The van der Waals surface area contributed by atoms with Crippen LogP contribution in [0.15, 0.2) is 29.5 Å². The Balaban J connectivity index is 2.16. The normalized spacial score (nSPS) is 19.1. The summed E-state index contributed by atoms with van der Waals surface area (Å²) in [7, 11) is 0. The largest absolute Gasteiger partial charge is 0.356 e. The van der Waals surface area contributed by atoms with Gasteiger partial charge in [-0.1, -0.05) is 6.58 Å². The standard InChI is InChI=1S/C14H15BrN4O/c1-2-10(16)14-9-7-12(15)17-8-11(9)19(18-14)13-5-3-4-6-20-13/h2,7-8,13,16H,1,3-6H2. The molecule has 0 bridgehead atoms. The summed E-state index contributed by atoms with van der Waals surface area (Å²) in [5.74, 6) is 0. The average Bonchev–Trinajstić information content (AvgIpc) is 2.86. The van der Waals surface area contributed by atoms with Crippen LogP contribution in [0.4, 0.5) is 0 Å². The van der Waals surface area contributed by atoms with Gasteiger partial charge in [-0.15, -0.1) is 0 Å². The number of aromatic nitrogens is 3. The molecule has 0 aliphatic carbocycles. The van der Waals surface area contributed by atoms with Crippen molar-refractivity contribution in [2.75, 3.05) is 6.61 Å². The van der Waals surface area contributed by atoms with Crippen molar-refractivity contribution >= 4 is 32.5 Å². The molecule has 2 aromatic heterocycles. The Labute approximate surface area is 125 Å². The topological polar surface area (TPSA) is 63.8 Å². The molecule has 5 nitrogen and oxygen atoms in total. The Kier molecular flexibility index (Phi) is 3.67. The first-order valence-electron chi connectivity index (χ1n) is 6.57. The molecule has 0 aromatic carbocycles. The average molecular weight is 335 g/mol. The summed E-state index contributed by atoms with van der Waals surface area (Å²) in [6.45, 7) is 4.41. The third-order valence-electron chi connectivity index (χ3n) is 3.45. The van der Waals surface area contributed by atoms with Crippen LogP contribution in [0, 0.1) is 5.41 Å². The van der Waals surface area contributed by atoms with Crippen LogP contribution in [0.5, 0.6) is 0 Å². The van der Waals surface area contributed by atoms with Crippen molar-refractivity contribution in [3.05, 3.63) is 35.2 Å². The van der Waals surface area contributed by atoms with Crippen LogP contribution in [-0.2, 0) is 4.74 Å². The maximum atomic E-state index is 7.99. The molecule has 1 atom stereocenters. The van der Waals surface area contributed by atoms with Gasteiger partial charge in [-0.05, 0) is 47.3 Å². The van der Waals surface area contributed by atoms with E-state index in [9.17, 15) is 0 Å². The molecular weight excluding hydrogens is 320 g/mol. The maximum absolute atomic E-state index is 7.99. The first-order chi connectivity index (χ1) is 9.70. The minimum absolute atomic E-state index is 0.0689. The molecule has 0 spiro atoms. The predicted molar refractivity (Wildman–Crippen MR) is 81.1 cm³/mol. The first-order valence-corrected chi connectivity index (χ1v) is 7.36. The van der Waals surface area contributed by atoms with Crippen molar-refractivity contribution in [1.29, 1.82) is 5.41 Å². The van der Waals surface area contributed by atoms with E-state index in [1.54, 1.807) is 6.20 Å². The number of nitrogens with zero attached hydrogens (tertiary/aromatic N) is 3. The first kappa shape index (κ1) is 13.5. The summed E-state index contributed by atoms with van der Waals surface area (Å²) >= 11 is 3.37. The molecule has 1 unspecified atom stereocenters. The van der Waals surface area contributed by atoms with E-state index in [-0.39, 0.29) is 6.23 Å². The lowest BCUT2D eigenvalue weighted by Crippen LogP contribution is -2.19.